The van der Waals surface area contributed by atoms with Crippen LogP contribution in [0.3, 0.4) is 0 Å². The van der Waals surface area contributed by atoms with E-state index in [1.54, 1.807) is 6.08 Å². The van der Waals surface area contributed by atoms with Gasteiger partial charge in [0.2, 0.25) is 0 Å². The maximum absolute atomic E-state index is 11.6. The zero-order chi connectivity index (χ0) is 11.3. The Bertz CT molecular complexity index is 374. The van der Waals surface area contributed by atoms with Gasteiger partial charge in [-0.1, -0.05) is 13.8 Å². The molecule has 2 heteroatoms. The molecule has 1 aliphatic heterocycles. The van der Waals surface area contributed by atoms with Crippen LogP contribution >= 0.6 is 0 Å². The molecule has 0 radical (unpaired) electrons. The van der Waals surface area contributed by atoms with Crippen molar-refractivity contribution >= 4 is 5.78 Å². The van der Waals surface area contributed by atoms with Crippen LogP contribution in [0.4, 0.5) is 0 Å². The van der Waals surface area contributed by atoms with Gasteiger partial charge in [-0.3, -0.25) is 4.79 Å². The van der Waals surface area contributed by atoms with Crippen LogP contribution in [0.2, 0.25) is 0 Å². The van der Waals surface area contributed by atoms with Crippen molar-refractivity contribution in [3.8, 4) is 0 Å². The predicted molar refractivity (Wildman–Crippen MR) is 59.4 cm³/mol. The Kier molecular flexibility index (Phi) is 2.07. The first-order valence-electron chi connectivity index (χ1n) is 5.45. The molecule has 2 nitrogen and oxygen atoms in total. The molecule has 0 saturated heterocycles. The molecule has 0 fully saturated rings. The van der Waals surface area contributed by atoms with E-state index in [0.29, 0.717) is 6.42 Å². The second-order valence-electron chi connectivity index (χ2n) is 5.30. The Hall–Kier alpha value is -1.05. The van der Waals surface area contributed by atoms with Gasteiger partial charge in [-0.25, -0.2) is 0 Å². The SMILES string of the molecule is CC1=CC[C@]2(O1)C(C)=CC(=O)CC2(C)C. The van der Waals surface area contributed by atoms with Crippen LogP contribution in [0.15, 0.2) is 23.5 Å². The van der Waals surface area contributed by atoms with Crippen molar-refractivity contribution in [2.75, 3.05) is 0 Å². The van der Waals surface area contributed by atoms with E-state index in [-0.39, 0.29) is 16.8 Å². The van der Waals surface area contributed by atoms with Crippen LogP contribution in [0.1, 0.15) is 40.5 Å². The van der Waals surface area contributed by atoms with Gasteiger partial charge in [0.1, 0.15) is 5.60 Å². The first-order chi connectivity index (χ1) is 6.87. The van der Waals surface area contributed by atoms with Crippen LogP contribution in [0.5, 0.6) is 0 Å². The third-order valence-corrected chi connectivity index (χ3v) is 3.74. The Morgan fingerprint density at radius 3 is 2.47 bits per heavy atom. The van der Waals surface area contributed by atoms with Crippen LogP contribution in [-0.4, -0.2) is 11.4 Å². The molecule has 15 heavy (non-hydrogen) atoms. The average Bonchev–Trinajstić information content (AvgIpc) is 2.45. The number of hydrogen-bond donors (Lipinski definition) is 0. The van der Waals surface area contributed by atoms with E-state index in [9.17, 15) is 4.79 Å². The summed E-state index contributed by atoms with van der Waals surface area (Å²) in [7, 11) is 0. The number of carbonyl (C=O) groups is 1. The maximum atomic E-state index is 11.6. The van der Waals surface area contributed by atoms with Crippen molar-refractivity contribution < 1.29 is 9.53 Å². The molecule has 1 aliphatic carbocycles. The van der Waals surface area contributed by atoms with Crippen LogP contribution in [0, 0.1) is 5.41 Å². The fourth-order valence-corrected chi connectivity index (χ4v) is 2.82. The van der Waals surface area contributed by atoms with E-state index in [1.165, 1.54) is 0 Å². The van der Waals surface area contributed by atoms with Crippen molar-refractivity contribution in [3.63, 3.8) is 0 Å². The topological polar surface area (TPSA) is 26.3 Å². The predicted octanol–water partition coefficient (Wildman–Crippen LogP) is 2.99. The molecular weight excluding hydrogens is 188 g/mol. The first kappa shape index (κ1) is 10.5. The molecule has 0 aromatic heterocycles. The number of rotatable bonds is 0. The highest BCUT2D eigenvalue weighted by molar-refractivity contribution is 5.92. The lowest BCUT2D eigenvalue weighted by Crippen LogP contribution is -2.49. The van der Waals surface area contributed by atoms with Gasteiger partial charge in [0.15, 0.2) is 5.78 Å². The minimum Gasteiger partial charge on any atom is -0.487 e. The molecule has 0 aromatic rings. The van der Waals surface area contributed by atoms with Crippen molar-refractivity contribution in [2.24, 2.45) is 5.41 Å². The maximum Gasteiger partial charge on any atom is 0.156 e. The van der Waals surface area contributed by atoms with E-state index in [2.05, 4.69) is 19.9 Å². The van der Waals surface area contributed by atoms with Gasteiger partial charge in [-0.15, -0.1) is 0 Å². The van der Waals surface area contributed by atoms with Gasteiger partial charge in [0.05, 0.1) is 5.76 Å². The van der Waals surface area contributed by atoms with Crippen molar-refractivity contribution in [1.82, 2.24) is 0 Å². The minimum absolute atomic E-state index is 0.114. The highest BCUT2D eigenvalue weighted by Crippen LogP contribution is 2.51. The standard InChI is InChI=1S/C13H18O2/c1-9-7-11(14)8-12(3,4)13(9)6-5-10(2)15-13/h5,7H,6,8H2,1-4H3/t13-/m0/s1. The summed E-state index contributed by atoms with van der Waals surface area (Å²) >= 11 is 0. The second-order valence-corrected chi connectivity index (χ2v) is 5.30. The molecule has 0 bridgehead atoms. The minimum atomic E-state index is -0.273. The molecular formula is C13H18O2. The number of allylic oxidation sites excluding steroid dienone is 2. The van der Waals surface area contributed by atoms with Gasteiger partial charge in [-0.2, -0.15) is 0 Å². The van der Waals surface area contributed by atoms with Gasteiger partial charge in [0.25, 0.3) is 0 Å². The number of carbonyl (C=O) groups excluding carboxylic acids is 1. The molecule has 0 saturated carbocycles. The second kappa shape index (κ2) is 2.97. The van der Waals surface area contributed by atoms with E-state index < -0.39 is 0 Å². The van der Waals surface area contributed by atoms with E-state index in [1.807, 2.05) is 13.8 Å². The molecule has 0 aromatic carbocycles. The third-order valence-electron chi connectivity index (χ3n) is 3.74. The molecule has 82 valence electrons. The number of hydrogen-bond acceptors (Lipinski definition) is 2. The van der Waals surface area contributed by atoms with Crippen LogP contribution in [-0.2, 0) is 9.53 Å². The highest BCUT2D eigenvalue weighted by Gasteiger charge is 2.53. The lowest BCUT2D eigenvalue weighted by atomic mass is 9.64. The molecule has 2 aliphatic rings. The monoisotopic (exact) mass is 206 g/mol. The Labute approximate surface area is 91.0 Å². The van der Waals surface area contributed by atoms with E-state index >= 15 is 0 Å². The molecule has 1 spiro atoms. The molecule has 2 rings (SSSR count). The molecule has 1 heterocycles. The van der Waals surface area contributed by atoms with E-state index in [0.717, 1.165) is 17.8 Å². The summed E-state index contributed by atoms with van der Waals surface area (Å²) in [4.78, 5) is 11.6. The third kappa shape index (κ3) is 1.35. The van der Waals surface area contributed by atoms with Gasteiger partial charge in [-0.05, 0) is 31.6 Å². The van der Waals surface area contributed by atoms with Crippen LogP contribution in [0.25, 0.3) is 0 Å². The highest BCUT2D eigenvalue weighted by atomic mass is 16.5. The van der Waals surface area contributed by atoms with Crippen molar-refractivity contribution in [1.29, 1.82) is 0 Å². The average molecular weight is 206 g/mol. The van der Waals surface area contributed by atoms with Gasteiger partial charge in [0, 0.05) is 18.3 Å². The lowest BCUT2D eigenvalue weighted by molar-refractivity contribution is -0.124. The first-order valence-corrected chi connectivity index (χ1v) is 5.45. The molecule has 0 unspecified atom stereocenters. The van der Waals surface area contributed by atoms with Crippen LogP contribution < -0.4 is 0 Å². The lowest BCUT2D eigenvalue weighted by Gasteiger charge is -2.46. The smallest absolute Gasteiger partial charge is 0.156 e. The zero-order valence-corrected chi connectivity index (χ0v) is 9.89. The Morgan fingerprint density at radius 1 is 1.33 bits per heavy atom. The van der Waals surface area contributed by atoms with E-state index in [4.69, 9.17) is 4.74 Å². The summed E-state index contributed by atoms with van der Waals surface area (Å²) in [6.07, 6.45) is 5.33. The van der Waals surface area contributed by atoms with Crippen molar-refractivity contribution in [2.45, 2.75) is 46.1 Å². The summed E-state index contributed by atoms with van der Waals surface area (Å²) < 4.78 is 6.01. The molecule has 1 atom stereocenters. The summed E-state index contributed by atoms with van der Waals surface area (Å²) in [5.74, 6) is 1.20. The summed E-state index contributed by atoms with van der Waals surface area (Å²) in [6.45, 7) is 8.22. The number of ketones is 1. The Morgan fingerprint density at radius 2 is 2.00 bits per heavy atom. The summed E-state index contributed by atoms with van der Waals surface area (Å²) in [5.41, 5.74) is 0.680. The van der Waals surface area contributed by atoms with Crippen molar-refractivity contribution in [3.05, 3.63) is 23.5 Å². The fourth-order valence-electron chi connectivity index (χ4n) is 2.82. The van der Waals surface area contributed by atoms with Gasteiger partial charge < -0.3 is 4.74 Å². The quantitative estimate of drug-likeness (QED) is 0.609. The Balaban J connectivity index is 2.46. The normalized spacial score (nSPS) is 33.7. The number of ether oxygens (including phenoxy) is 1. The summed E-state index contributed by atoms with van der Waals surface area (Å²) in [6, 6.07) is 0. The zero-order valence-electron chi connectivity index (χ0n) is 9.89. The summed E-state index contributed by atoms with van der Waals surface area (Å²) in [5, 5.41) is 0. The van der Waals surface area contributed by atoms with Gasteiger partial charge >= 0.3 is 0 Å². The largest absolute Gasteiger partial charge is 0.487 e. The molecule has 0 amide bonds. The molecule has 0 N–H and O–H groups in total. The fraction of sp³-hybridized carbons (Fsp3) is 0.615.